The number of para-hydroxylation sites is 2. The van der Waals surface area contributed by atoms with Crippen molar-refractivity contribution < 1.29 is 11.3 Å². The Morgan fingerprint density at radius 2 is 1.76 bits per heavy atom. The molecule has 4 aromatic rings. The zero-order valence-electron chi connectivity index (χ0n) is 18.9. The average Bonchev–Trinajstić information content (AvgIpc) is 3.14. The summed E-state index contributed by atoms with van der Waals surface area (Å²) in [5.74, 6) is -0.666. The largest absolute Gasteiger partial charge is 0.455 e. The summed E-state index contributed by atoms with van der Waals surface area (Å²) in [5.41, 5.74) is 2.83. The lowest BCUT2D eigenvalue weighted by Crippen LogP contribution is -2.04. The molecule has 0 radical (unpaired) electrons. The predicted molar refractivity (Wildman–Crippen MR) is 103 cm³/mol. The maximum absolute atomic E-state index is 9.08. The first kappa shape index (κ1) is 10.4. The maximum Gasteiger partial charge on any atom is 0.144 e. The first-order valence-corrected chi connectivity index (χ1v) is 8.80. The third-order valence-electron chi connectivity index (χ3n) is 5.08. The number of aromatic nitrogens is 1. The SMILES string of the molecule is [2H]c1nc(-c2cccc3c2oc2c(C4([2H])CCCCC4)cccc23)c([2H])c([2H])c1[2H]. The number of benzene rings is 2. The Balaban J connectivity index is 1.80. The number of fused-ring (bicyclic) bond motifs is 3. The quantitative estimate of drug-likeness (QED) is 0.408. The van der Waals surface area contributed by atoms with Crippen molar-refractivity contribution in [3.8, 4) is 11.3 Å². The van der Waals surface area contributed by atoms with E-state index in [-0.39, 0.29) is 30.0 Å². The highest BCUT2D eigenvalue weighted by atomic mass is 16.3. The minimum absolute atomic E-state index is 0.172. The van der Waals surface area contributed by atoms with E-state index in [2.05, 4.69) is 4.98 Å². The Bertz CT molecular complexity index is 1290. The molecule has 0 bridgehead atoms. The molecule has 1 aliphatic carbocycles. The molecule has 124 valence electrons. The highest BCUT2D eigenvalue weighted by molar-refractivity contribution is 6.10. The van der Waals surface area contributed by atoms with Crippen LogP contribution in [0.15, 0.2) is 65.1 Å². The van der Waals surface area contributed by atoms with Crippen LogP contribution in [0.4, 0.5) is 0 Å². The van der Waals surface area contributed by atoms with Gasteiger partial charge in [0.05, 0.1) is 11.2 Å². The molecule has 2 heteroatoms. The topological polar surface area (TPSA) is 26.0 Å². The van der Waals surface area contributed by atoms with Crippen molar-refractivity contribution in [1.82, 2.24) is 4.98 Å². The Labute approximate surface area is 154 Å². The summed E-state index contributed by atoms with van der Waals surface area (Å²) in [6.45, 7) is 0. The van der Waals surface area contributed by atoms with E-state index in [1.807, 2.05) is 30.3 Å². The highest BCUT2D eigenvalue weighted by Gasteiger charge is 2.21. The van der Waals surface area contributed by atoms with Crippen LogP contribution in [0.3, 0.4) is 0 Å². The van der Waals surface area contributed by atoms with Gasteiger partial charge >= 0.3 is 0 Å². The standard InChI is InChI=1S/C23H21NO/c1-2-8-16(9-3-1)17-10-6-11-18-19-12-7-13-20(23(19)25-22(17)18)21-14-4-5-15-24-21/h4-7,10-16H,1-3,8-9H2/i4D,5D,14D,15D,16D. The fourth-order valence-corrected chi connectivity index (χ4v) is 3.89. The van der Waals surface area contributed by atoms with Gasteiger partial charge in [0, 0.05) is 23.9 Å². The normalized spacial score (nSPS) is 19.9. The van der Waals surface area contributed by atoms with Crippen LogP contribution in [0.1, 0.15) is 50.4 Å². The van der Waals surface area contributed by atoms with Crippen molar-refractivity contribution in [3.05, 3.63) is 66.3 Å². The predicted octanol–water partition coefficient (Wildman–Crippen LogP) is 6.70. The molecule has 0 saturated heterocycles. The van der Waals surface area contributed by atoms with E-state index in [1.165, 1.54) is 0 Å². The number of pyridine rings is 1. The molecule has 0 unspecified atom stereocenters. The lowest BCUT2D eigenvalue weighted by Gasteiger charge is -2.21. The van der Waals surface area contributed by atoms with Gasteiger partial charge in [0.2, 0.25) is 0 Å². The second kappa shape index (κ2) is 6.03. The monoisotopic (exact) mass is 332 g/mol. The third kappa shape index (κ3) is 2.44. The molecule has 2 heterocycles. The zero-order chi connectivity index (χ0) is 21.0. The molecule has 0 amide bonds. The van der Waals surface area contributed by atoms with Crippen LogP contribution in [0.25, 0.3) is 33.2 Å². The number of nitrogens with zero attached hydrogens (tertiary/aromatic N) is 1. The van der Waals surface area contributed by atoms with E-state index in [9.17, 15) is 0 Å². The molecule has 5 rings (SSSR count). The van der Waals surface area contributed by atoms with Crippen molar-refractivity contribution in [2.45, 2.75) is 38.0 Å². The first-order chi connectivity index (χ1) is 14.4. The summed E-state index contributed by atoms with van der Waals surface area (Å²) in [6, 6.07) is 10.6. The van der Waals surface area contributed by atoms with Crippen LogP contribution in [-0.4, -0.2) is 4.98 Å². The van der Waals surface area contributed by atoms with Crippen molar-refractivity contribution in [1.29, 1.82) is 0 Å². The fourth-order valence-electron chi connectivity index (χ4n) is 3.89. The molecule has 2 nitrogen and oxygen atoms in total. The smallest absolute Gasteiger partial charge is 0.144 e. The number of hydrogen-bond donors (Lipinski definition) is 0. The van der Waals surface area contributed by atoms with Crippen LogP contribution < -0.4 is 0 Å². The van der Waals surface area contributed by atoms with E-state index >= 15 is 0 Å². The molecule has 0 atom stereocenters. The first-order valence-electron chi connectivity index (χ1n) is 11.3. The minimum atomic E-state index is -0.666. The highest BCUT2D eigenvalue weighted by Crippen LogP contribution is 2.41. The maximum atomic E-state index is 9.08. The van der Waals surface area contributed by atoms with E-state index < -0.39 is 5.89 Å². The van der Waals surface area contributed by atoms with E-state index in [4.69, 9.17) is 11.3 Å². The molecule has 1 aliphatic rings. The van der Waals surface area contributed by atoms with Crippen LogP contribution in [-0.2, 0) is 0 Å². The van der Waals surface area contributed by atoms with Crippen LogP contribution >= 0.6 is 0 Å². The second-order valence-corrected chi connectivity index (χ2v) is 6.58. The molecule has 2 aromatic carbocycles. The van der Waals surface area contributed by atoms with E-state index in [0.717, 1.165) is 48.4 Å². The fraction of sp³-hybridized carbons (Fsp3) is 0.261. The second-order valence-electron chi connectivity index (χ2n) is 6.58. The molecular formula is C23H21NO. The van der Waals surface area contributed by atoms with Gasteiger partial charge in [0.1, 0.15) is 11.2 Å². The minimum Gasteiger partial charge on any atom is -0.455 e. The molecule has 0 aliphatic heterocycles. The molecule has 1 fully saturated rings. The Kier molecular flexibility index (Phi) is 2.51. The van der Waals surface area contributed by atoms with E-state index in [0.29, 0.717) is 16.7 Å². The van der Waals surface area contributed by atoms with Crippen LogP contribution in [0.5, 0.6) is 0 Å². The van der Waals surface area contributed by atoms with Crippen molar-refractivity contribution >= 4 is 21.9 Å². The van der Waals surface area contributed by atoms with Gasteiger partial charge in [0.15, 0.2) is 0 Å². The van der Waals surface area contributed by atoms with Gasteiger partial charge in [-0.1, -0.05) is 55.6 Å². The number of rotatable bonds is 2. The summed E-state index contributed by atoms with van der Waals surface area (Å²) < 4.78 is 47.4. The van der Waals surface area contributed by atoms with Gasteiger partial charge in [-0.05, 0) is 42.5 Å². The zero-order valence-corrected chi connectivity index (χ0v) is 13.9. The van der Waals surface area contributed by atoms with Gasteiger partial charge < -0.3 is 4.42 Å². The van der Waals surface area contributed by atoms with Gasteiger partial charge in [-0.2, -0.15) is 0 Å². The lowest BCUT2D eigenvalue weighted by molar-refractivity contribution is 0.442. The average molecular weight is 332 g/mol. The molecule has 2 aromatic heterocycles. The van der Waals surface area contributed by atoms with Gasteiger partial charge in [0.25, 0.3) is 0 Å². The summed E-state index contributed by atoms with van der Waals surface area (Å²) in [4.78, 5) is 4.12. The van der Waals surface area contributed by atoms with Gasteiger partial charge in [-0.3, -0.25) is 4.98 Å². The summed E-state index contributed by atoms with van der Waals surface area (Å²) in [6.07, 6.45) is 4.53. The van der Waals surface area contributed by atoms with Crippen molar-refractivity contribution in [2.24, 2.45) is 0 Å². The number of hydrogen-bond acceptors (Lipinski definition) is 2. The third-order valence-corrected chi connectivity index (χ3v) is 5.08. The molecule has 25 heavy (non-hydrogen) atoms. The van der Waals surface area contributed by atoms with Gasteiger partial charge in [-0.15, -0.1) is 0 Å². The van der Waals surface area contributed by atoms with Crippen molar-refractivity contribution in [3.63, 3.8) is 0 Å². The molecular weight excluding hydrogens is 306 g/mol. The summed E-state index contributed by atoms with van der Waals surface area (Å²) in [7, 11) is 0. The van der Waals surface area contributed by atoms with E-state index in [1.54, 1.807) is 6.07 Å². The molecule has 1 saturated carbocycles. The Hall–Kier alpha value is -2.61. The van der Waals surface area contributed by atoms with Crippen molar-refractivity contribution in [2.75, 3.05) is 0 Å². The Morgan fingerprint density at radius 1 is 0.960 bits per heavy atom. The van der Waals surface area contributed by atoms with Crippen LogP contribution in [0, 0.1) is 0 Å². The Morgan fingerprint density at radius 3 is 2.64 bits per heavy atom. The molecule has 0 N–H and O–H groups in total. The molecule has 0 spiro atoms. The number of furan rings is 1. The van der Waals surface area contributed by atoms with Gasteiger partial charge in [-0.25, -0.2) is 0 Å². The van der Waals surface area contributed by atoms with Crippen LogP contribution in [0.2, 0.25) is 0 Å². The summed E-state index contributed by atoms with van der Waals surface area (Å²) >= 11 is 0. The summed E-state index contributed by atoms with van der Waals surface area (Å²) in [5, 5.41) is 1.78. The lowest BCUT2D eigenvalue weighted by atomic mass is 9.83.